The predicted octanol–water partition coefficient (Wildman–Crippen LogP) is 4.56. The van der Waals surface area contributed by atoms with E-state index >= 15 is 0 Å². The first kappa shape index (κ1) is 23.3. The van der Waals surface area contributed by atoms with Gasteiger partial charge in [0.25, 0.3) is 0 Å². The molecule has 1 N–H and O–H groups in total. The second kappa shape index (κ2) is 12.6. The van der Waals surface area contributed by atoms with E-state index in [-0.39, 0.29) is 11.8 Å². The van der Waals surface area contributed by atoms with Gasteiger partial charge < -0.3 is 10.2 Å². The molecule has 0 aromatic heterocycles. The van der Waals surface area contributed by atoms with Crippen LogP contribution >= 0.6 is 23.4 Å². The summed E-state index contributed by atoms with van der Waals surface area (Å²) in [6.07, 6.45) is 1.31. The van der Waals surface area contributed by atoms with E-state index in [1.54, 1.807) is 16.7 Å². The monoisotopic (exact) mass is 432 g/mol. The zero-order chi connectivity index (χ0) is 21.1. The van der Waals surface area contributed by atoms with Gasteiger partial charge in [0, 0.05) is 23.9 Å². The van der Waals surface area contributed by atoms with Crippen LogP contribution in [-0.2, 0) is 21.8 Å². The SMILES string of the molecule is CCNC(=O)C(CC)N(CCc1ccccc1)C(=O)CSCc1cccc(Cl)c1. The zero-order valence-electron chi connectivity index (χ0n) is 17.1. The number of hydrogen-bond donors (Lipinski definition) is 1. The molecular formula is C23H29ClN2O2S. The molecule has 0 aliphatic carbocycles. The topological polar surface area (TPSA) is 49.4 Å². The Balaban J connectivity index is 2.03. The molecule has 0 bridgehead atoms. The Morgan fingerprint density at radius 3 is 2.45 bits per heavy atom. The van der Waals surface area contributed by atoms with Crippen LogP contribution in [0.15, 0.2) is 54.6 Å². The maximum Gasteiger partial charge on any atom is 0.242 e. The summed E-state index contributed by atoms with van der Waals surface area (Å²) >= 11 is 7.58. The average molecular weight is 433 g/mol. The lowest BCUT2D eigenvalue weighted by molar-refractivity contribution is -0.138. The van der Waals surface area contributed by atoms with E-state index in [1.165, 1.54) is 0 Å². The lowest BCUT2D eigenvalue weighted by atomic mass is 10.1. The Morgan fingerprint density at radius 1 is 1.07 bits per heavy atom. The third kappa shape index (κ3) is 7.75. The van der Waals surface area contributed by atoms with Crippen molar-refractivity contribution in [1.82, 2.24) is 10.2 Å². The molecule has 2 rings (SSSR count). The second-order valence-corrected chi connectivity index (χ2v) is 8.19. The molecular weight excluding hydrogens is 404 g/mol. The highest BCUT2D eigenvalue weighted by atomic mass is 35.5. The molecule has 0 heterocycles. The number of likely N-dealkylation sites (N-methyl/N-ethyl adjacent to an activating group) is 1. The highest BCUT2D eigenvalue weighted by Crippen LogP contribution is 2.18. The van der Waals surface area contributed by atoms with E-state index in [0.717, 1.165) is 17.5 Å². The van der Waals surface area contributed by atoms with E-state index in [9.17, 15) is 9.59 Å². The quantitative estimate of drug-likeness (QED) is 0.566. The maximum absolute atomic E-state index is 13.0. The van der Waals surface area contributed by atoms with Crippen LogP contribution in [0.3, 0.4) is 0 Å². The Morgan fingerprint density at radius 2 is 1.79 bits per heavy atom. The number of halogens is 1. The van der Waals surface area contributed by atoms with Gasteiger partial charge in [-0.1, -0.05) is 61.0 Å². The molecule has 0 spiro atoms. The van der Waals surface area contributed by atoms with Crippen molar-refractivity contribution in [3.63, 3.8) is 0 Å². The number of rotatable bonds is 11. The summed E-state index contributed by atoms with van der Waals surface area (Å²) in [6.45, 7) is 4.92. The Kier molecular flexibility index (Phi) is 10.1. The van der Waals surface area contributed by atoms with Gasteiger partial charge in [0.2, 0.25) is 11.8 Å². The molecule has 0 saturated heterocycles. The normalized spacial score (nSPS) is 11.7. The first-order valence-electron chi connectivity index (χ1n) is 9.98. The van der Waals surface area contributed by atoms with Crippen LogP contribution in [0.25, 0.3) is 0 Å². The maximum atomic E-state index is 13.0. The van der Waals surface area contributed by atoms with Crippen molar-refractivity contribution in [1.29, 1.82) is 0 Å². The van der Waals surface area contributed by atoms with E-state index in [1.807, 2.05) is 68.4 Å². The highest BCUT2D eigenvalue weighted by molar-refractivity contribution is 7.99. The minimum absolute atomic E-state index is 0.00828. The number of nitrogens with one attached hydrogen (secondary N) is 1. The molecule has 1 unspecified atom stereocenters. The van der Waals surface area contributed by atoms with Crippen molar-refractivity contribution < 1.29 is 9.59 Å². The molecule has 0 saturated carbocycles. The smallest absolute Gasteiger partial charge is 0.242 e. The van der Waals surface area contributed by atoms with Crippen LogP contribution < -0.4 is 5.32 Å². The van der Waals surface area contributed by atoms with Gasteiger partial charge in [-0.2, -0.15) is 0 Å². The Hall–Kier alpha value is -1.98. The average Bonchev–Trinajstić information content (AvgIpc) is 2.72. The third-order valence-corrected chi connectivity index (χ3v) is 5.83. The van der Waals surface area contributed by atoms with E-state index in [4.69, 9.17) is 11.6 Å². The molecule has 1 atom stereocenters. The Labute approximate surface area is 183 Å². The summed E-state index contributed by atoms with van der Waals surface area (Å²) in [5, 5.41) is 3.56. The first-order valence-corrected chi connectivity index (χ1v) is 11.5. The van der Waals surface area contributed by atoms with Crippen LogP contribution in [0, 0.1) is 0 Å². The van der Waals surface area contributed by atoms with Crippen molar-refractivity contribution in [3.05, 3.63) is 70.7 Å². The molecule has 0 aliphatic heterocycles. The summed E-state index contributed by atoms with van der Waals surface area (Å²) in [5.74, 6) is 0.941. The lowest BCUT2D eigenvalue weighted by Gasteiger charge is -2.30. The number of hydrogen-bond acceptors (Lipinski definition) is 3. The number of carbonyl (C=O) groups is 2. The lowest BCUT2D eigenvalue weighted by Crippen LogP contribution is -2.50. The van der Waals surface area contributed by atoms with Gasteiger partial charge in [0.05, 0.1) is 5.75 Å². The third-order valence-electron chi connectivity index (χ3n) is 4.60. The van der Waals surface area contributed by atoms with Gasteiger partial charge in [0.1, 0.15) is 6.04 Å². The van der Waals surface area contributed by atoms with Crippen LogP contribution in [0.4, 0.5) is 0 Å². The molecule has 4 nitrogen and oxygen atoms in total. The summed E-state index contributed by atoms with van der Waals surface area (Å²) in [4.78, 5) is 27.3. The van der Waals surface area contributed by atoms with Gasteiger partial charge >= 0.3 is 0 Å². The predicted molar refractivity (Wildman–Crippen MR) is 122 cm³/mol. The van der Waals surface area contributed by atoms with Crippen molar-refractivity contribution >= 4 is 35.2 Å². The summed E-state index contributed by atoms with van der Waals surface area (Å²) in [6, 6.07) is 17.3. The van der Waals surface area contributed by atoms with E-state index in [0.29, 0.717) is 36.0 Å². The molecule has 156 valence electrons. The fourth-order valence-corrected chi connectivity index (χ4v) is 4.22. The molecule has 0 radical (unpaired) electrons. The van der Waals surface area contributed by atoms with Gasteiger partial charge in [0.15, 0.2) is 0 Å². The Bertz CT molecular complexity index is 785. The van der Waals surface area contributed by atoms with Gasteiger partial charge in [-0.15, -0.1) is 11.8 Å². The van der Waals surface area contributed by atoms with Gasteiger partial charge in [-0.05, 0) is 43.0 Å². The molecule has 2 amide bonds. The minimum atomic E-state index is -0.446. The summed E-state index contributed by atoms with van der Waals surface area (Å²) in [7, 11) is 0. The summed E-state index contributed by atoms with van der Waals surface area (Å²) < 4.78 is 0. The molecule has 0 aliphatic rings. The van der Waals surface area contributed by atoms with Crippen LogP contribution in [-0.4, -0.2) is 41.6 Å². The molecule has 29 heavy (non-hydrogen) atoms. The van der Waals surface area contributed by atoms with Crippen molar-refractivity contribution in [2.75, 3.05) is 18.8 Å². The van der Waals surface area contributed by atoms with Crippen LogP contribution in [0.5, 0.6) is 0 Å². The highest BCUT2D eigenvalue weighted by Gasteiger charge is 2.27. The number of thioether (sulfide) groups is 1. The largest absolute Gasteiger partial charge is 0.355 e. The zero-order valence-corrected chi connectivity index (χ0v) is 18.6. The van der Waals surface area contributed by atoms with E-state index < -0.39 is 6.04 Å². The van der Waals surface area contributed by atoms with Crippen LogP contribution in [0.1, 0.15) is 31.4 Å². The fraction of sp³-hybridized carbons (Fsp3) is 0.391. The first-order chi connectivity index (χ1) is 14.0. The molecule has 6 heteroatoms. The van der Waals surface area contributed by atoms with Crippen molar-refractivity contribution in [2.24, 2.45) is 0 Å². The summed E-state index contributed by atoms with van der Waals surface area (Å²) in [5.41, 5.74) is 2.24. The van der Waals surface area contributed by atoms with Crippen LogP contribution in [0.2, 0.25) is 5.02 Å². The van der Waals surface area contributed by atoms with Crippen molar-refractivity contribution in [2.45, 2.75) is 38.5 Å². The number of benzene rings is 2. The fourth-order valence-electron chi connectivity index (χ4n) is 3.15. The molecule has 0 fully saturated rings. The molecule has 2 aromatic carbocycles. The van der Waals surface area contributed by atoms with Crippen molar-refractivity contribution in [3.8, 4) is 0 Å². The molecule has 2 aromatic rings. The number of nitrogens with zero attached hydrogens (tertiary/aromatic N) is 1. The minimum Gasteiger partial charge on any atom is -0.355 e. The number of amides is 2. The standard InChI is InChI=1S/C23H29ClN2O2S/c1-3-21(23(28)25-4-2)26(14-13-18-9-6-5-7-10-18)22(27)17-29-16-19-11-8-12-20(24)15-19/h5-12,15,21H,3-4,13-14,16-17H2,1-2H3,(H,25,28). The van der Waals surface area contributed by atoms with E-state index in [2.05, 4.69) is 5.32 Å². The van der Waals surface area contributed by atoms with Gasteiger partial charge in [-0.3, -0.25) is 9.59 Å². The second-order valence-electron chi connectivity index (χ2n) is 6.76. The van der Waals surface area contributed by atoms with Gasteiger partial charge in [-0.25, -0.2) is 0 Å². The number of carbonyl (C=O) groups excluding carboxylic acids is 2.